The third-order valence-corrected chi connectivity index (χ3v) is 11.9. The van der Waals surface area contributed by atoms with Gasteiger partial charge in [-0.05, 0) is 135 Å². The first kappa shape index (κ1) is 41.6. The van der Waals surface area contributed by atoms with Crippen molar-refractivity contribution in [3.05, 3.63) is 156 Å². The lowest BCUT2D eigenvalue weighted by atomic mass is 10.1. The van der Waals surface area contributed by atoms with Gasteiger partial charge in [-0.1, -0.05) is 36.4 Å². The van der Waals surface area contributed by atoms with Gasteiger partial charge in [-0.25, -0.2) is 9.97 Å². The summed E-state index contributed by atoms with van der Waals surface area (Å²) in [7, 11) is 1.65. The molecule has 1 amide bonds. The highest BCUT2D eigenvalue weighted by Gasteiger charge is 2.29. The molecule has 0 aliphatic heterocycles. The Morgan fingerprint density at radius 2 is 1.43 bits per heavy atom. The lowest BCUT2D eigenvalue weighted by Crippen LogP contribution is -2.16. The number of oxazole rings is 2. The van der Waals surface area contributed by atoms with Crippen LogP contribution in [-0.2, 0) is 19.4 Å². The summed E-state index contributed by atoms with van der Waals surface area (Å²) in [5.41, 5.74) is 6.16. The van der Waals surface area contributed by atoms with Crippen molar-refractivity contribution < 1.29 is 37.3 Å². The standard InChI is InChI=1S/C52H49N5O8/c1-59-42-22-19-33(29-48-55-39-14-8-15-40(51(39)65-48)56-52(58)41-13-5-7-25-54-41)27-46(42)63-38-21-18-35(26-38)31-60-43-23-20-34(28-47(43)62-37-11-2-3-12-37)30-49-57-50-44(16-9-17-45(50)64-49)61-32-36-10-4-6-24-53-36/h4-10,13-17,19-20,22-25,27-28,35,37-38H,2-3,11-12,18,21,26,29-32H2,1H3,(H,56,58). The monoisotopic (exact) mass is 871 g/mol. The SMILES string of the molecule is COc1ccc(Cc2nc3cccc(NC(=O)c4ccccn4)c3o2)cc1OC1CCC(COc2ccc(Cc3nc4c(OCc5ccccn5)cccc4o3)cc2OC2CCCC2)C1. The van der Waals surface area contributed by atoms with E-state index < -0.39 is 0 Å². The van der Waals surface area contributed by atoms with E-state index in [-0.39, 0.29) is 18.1 Å². The van der Waals surface area contributed by atoms with E-state index in [4.69, 9.17) is 42.5 Å². The van der Waals surface area contributed by atoms with Crippen molar-refractivity contribution in [2.75, 3.05) is 19.0 Å². The van der Waals surface area contributed by atoms with Gasteiger partial charge in [0.1, 0.15) is 23.6 Å². The zero-order chi connectivity index (χ0) is 44.0. The topological polar surface area (TPSA) is 153 Å². The molecular formula is C52H49N5O8. The molecule has 4 heterocycles. The van der Waals surface area contributed by atoms with Crippen LogP contribution in [0, 0.1) is 5.92 Å². The summed E-state index contributed by atoms with van der Waals surface area (Å²) in [6.07, 6.45) is 11.5. The fraction of sp³-hybridized carbons (Fsp3) is 0.288. The van der Waals surface area contributed by atoms with E-state index in [0.717, 1.165) is 73.3 Å². The average Bonchev–Trinajstić information content (AvgIpc) is 4.17. The number of ether oxygens (including phenoxy) is 5. The van der Waals surface area contributed by atoms with Crippen molar-refractivity contribution in [3.63, 3.8) is 0 Å². The van der Waals surface area contributed by atoms with Crippen LogP contribution >= 0.6 is 0 Å². The number of hydrogen-bond acceptors (Lipinski definition) is 12. The molecule has 2 saturated carbocycles. The number of pyridine rings is 2. The summed E-state index contributed by atoms with van der Waals surface area (Å²) in [6, 6.07) is 34.2. The second-order valence-corrected chi connectivity index (χ2v) is 16.6. The van der Waals surface area contributed by atoms with Crippen molar-refractivity contribution in [1.82, 2.24) is 19.9 Å². The summed E-state index contributed by atoms with van der Waals surface area (Å²) in [6.45, 7) is 0.888. The molecule has 330 valence electrons. The predicted molar refractivity (Wildman–Crippen MR) is 244 cm³/mol. The van der Waals surface area contributed by atoms with Crippen molar-refractivity contribution in [2.24, 2.45) is 5.92 Å². The molecular weight excluding hydrogens is 823 g/mol. The molecule has 2 aliphatic rings. The Balaban J connectivity index is 0.776. The first-order valence-corrected chi connectivity index (χ1v) is 22.3. The van der Waals surface area contributed by atoms with Crippen molar-refractivity contribution in [1.29, 1.82) is 0 Å². The summed E-state index contributed by atoms with van der Waals surface area (Å²) in [4.78, 5) is 30.9. The average molecular weight is 872 g/mol. The molecule has 2 unspecified atom stereocenters. The van der Waals surface area contributed by atoms with Crippen LogP contribution in [0.1, 0.15) is 84.0 Å². The molecule has 1 N–H and O–H groups in total. The molecule has 65 heavy (non-hydrogen) atoms. The van der Waals surface area contributed by atoms with Gasteiger partial charge in [-0.2, -0.15) is 0 Å². The Bertz CT molecular complexity index is 2890. The highest BCUT2D eigenvalue weighted by Crippen LogP contribution is 2.38. The third kappa shape index (κ3) is 9.89. The Labute approximate surface area is 376 Å². The van der Waals surface area contributed by atoms with Gasteiger partial charge in [0.25, 0.3) is 5.91 Å². The number of amides is 1. The molecule has 0 saturated heterocycles. The minimum Gasteiger partial charge on any atom is -0.493 e. The number of carbonyl (C=O) groups is 1. The highest BCUT2D eigenvalue weighted by atomic mass is 16.5. The molecule has 13 heteroatoms. The molecule has 4 aromatic heterocycles. The van der Waals surface area contributed by atoms with Gasteiger partial charge in [-0.3, -0.25) is 14.8 Å². The van der Waals surface area contributed by atoms with Crippen LogP contribution in [0.3, 0.4) is 0 Å². The maximum Gasteiger partial charge on any atom is 0.274 e. The van der Waals surface area contributed by atoms with Crippen molar-refractivity contribution in [2.45, 2.75) is 76.6 Å². The van der Waals surface area contributed by atoms with Gasteiger partial charge in [0.15, 0.2) is 51.5 Å². The lowest BCUT2D eigenvalue weighted by molar-refractivity contribution is 0.102. The first-order chi connectivity index (χ1) is 32.0. The normalized spacial score (nSPS) is 16.2. The summed E-state index contributed by atoms with van der Waals surface area (Å²) in [5, 5.41) is 2.91. The van der Waals surface area contributed by atoms with E-state index in [1.54, 1.807) is 43.8 Å². The maximum atomic E-state index is 12.8. The molecule has 8 aromatic rings. The number of fused-ring (bicyclic) bond motifs is 2. The predicted octanol–water partition coefficient (Wildman–Crippen LogP) is 10.7. The number of carbonyl (C=O) groups excluding carboxylic acids is 1. The smallest absolute Gasteiger partial charge is 0.274 e. The minimum absolute atomic E-state index is 0.00355. The molecule has 0 spiro atoms. The Hall–Kier alpha value is -7.41. The second kappa shape index (κ2) is 19.1. The van der Waals surface area contributed by atoms with Gasteiger partial charge in [0.2, 0.25) is 0 Å². The van der Waals surface area contributed by atoms with Crippen LogP contribution in [0.5, 0.6) is 28.7 Å². The van der Waals surface area contributed by atoms with Gasteiger partial charge >= 0.3 is 0 Å². The number of para-hydroxylation sites is 2. The van der Waals surface area contributed by atoms with E-state index in [1.165, 1.54) is 0 Å². The Kier molecular flexibility index (Phi) is 12.2. The van der Waals surface area contributed by atoms with Gasteiger partial charge < -0.3 is 37.8 Å². The van der Waals surface area contributed by atoms with E-state index in [9.17, 15) is 4.79 Å². The van der Waals surface area contributed by atoms with Crippen LogP contribution < -0.4 is 29.0 Å². The largest absolute Gasteiger partial charge is 0.493 e. The highest BCUT2D eigenvalue weighted by molar-refractivity contribution is 6.06. The van der Waals surface area contributed by atoms with Crippen LogP contribution in [0.25, 0.3) is 22.2 Å². The Morgan fingerprint density at radius 3 is 2.22 bits per heavy atom. The Morgan fingerprint density at radius 1 is 0.677 bits per heavy atom. The molecule has 0 radical (unpaired) electrons. The van der Waals surface area contributed by atoms with Crippen molar-refractivity contribution >= 4 is 33.8 Å². The molecule has 2 aliphatic carbocycles. The second-order valence-electron chi connectivity index (χ2n) is 16.6. The first-order valence-electron chi connectivity index (χ1n) is 22.3. The number of methoxy groups -OCH3 is 1. The molecule has 0 bridgehead atoms. The molecule has 10 rings (SSSR count). The van der Waals surface area contributed by atoms with Crippen LogP contribution in [0.4, 0.5) is 5.69 Å². The number of anilines is 1. The zero-order valence-electron chi connectivity index (χ0n) is 36.1. The molecule has 13 nitrogen and oxygen atoms in total. The number of nitrogens with zero attached hydrogens (tertiary/aromatic N) is 4. The van der Waals surface area contributed by atoms with E-state index >= 15 is 0 Å². The maximum absolute atomic E-state index is 12.8. The molecule has 2 atom stereocenters. The summed E-state index contributed by atoms with van der Waals surface area (Å²) < 4.78 is 44.0. The number of aromatic nitrogens is 4. The van der Waals surface area contributed by atoms with Gasteiger partial charge in [-0.15, -0.1) is 0 Å². The quantitative estimate of drug-likeness (QED) is 0.0926. The molecule has 2 fully saturated rings. The number of rotatable bonds is 17. The van der Waals surface area contributed by atoms with Crippen LogP contribution in [-0.4, -0.2) is 51.8 Å². The van der Waals surface area contributed by atoms with E-state index in [0.29, 0.717) is 94.6 Å². The number of benzene rings is 4. The fourth-order valence-corrected chi connectivity index (χ4v) is 8.66. The number of hydrogen-bond donors (Lipinski definition) is 1. The lowest BCUT2D eigenvalue weighted by Gasteiger charge is -2.20. The zero-order valence-corrected chi connectivity index (χ0v) is 36.1. The van der Waals surface area contributed by atoms with Crippen LogP contribution in [0.2, 0.25) is 0 Å². The fourth-order valence-electron chi connectivity index (χ4n) is 8.66. The minimum atomic E-state index is -0.325. The van der Waals surface area contributed by atoms with Crippen molar-refractivity contribution in [3.8, 4) is 28.7 Å². The van der Waals surface area contributed by atoms with Gasteiger partial charge in [0, 0.05) is 25.2 Å². The van der Waals surface area contributed by atoms with Crippen LogP contribution in [0.15, 0.2) is 130 Å². The molecule has 4 aromatic carbocycles. The summed E-state index contributed by atoms with van der Waals surface area (Å²) >= 11 is 0. The van der Waals surface area contributed by atoms with E-state index in [1.807, 2.05) is 72.8 Å². The number of nitrogens with one attached hydrogen (secondary N) is 1. The summed E-state index contributed by atoms with van der Waals surface area (Å²) in [5.74, 6) is 4.56. The van der Waals surface area contributed by atoms with E-state index in [2.05, 4.69) is 27.4 Å². The van der Waals surface area contributed by atoms with Gasteiger partial charge in [0.05, 0.1) is 37.3 Å². The third-order valence-electron chi connectivity index (χ3n) is 11.9.